The number of nitrogens with one attached hydrogen (secondary N) is 1. The minimum Gasteiger partial charge on any atom is -0.373 e. The number of rotatable bonds is 2. The third kappa shape index (κ3) is 1.88. The summed E-state index contributed by atoms with van der Waals surface area (Å²) in [5, 5.41) is 3.04. The zero-order valence-electron chi connectivity index (χ0n) is 9.90. The summed E-state index contributed by atoms with van der Waals surface area (Å²) in [7, 11) is 1.87. The molecule has 1 N–H and O–H groups in total. The molecule has 0 radical (unpaired) electrons. The molecule has 0 bridgehead atoms. The van der Waals surface area contributed by atoms with Crippen molar-refractivity contribution < 1.29 is 0 Å². The maximum atomic E-state index is 4.33. The van der Waals surface area contributed by atoms with Crippen molar-refractivity contribution in [1.29, 1.82) is 0 Å². The number of aryl methyl sites for hydroxylation is 2. The molecule has 86 valence electrons. The number of benzene rings is 1. The van der Waals surface area contributed by atoms with Crippen LogP contribution in [0.5, 0.6) is 0 Å². The Morgan fingerprint density at radius 3 is 2.82 bits per heavy atom. The second-order valence-electron chi connectivity index (χ2n) is 4.38. The number of fused-ring (bicyclic) bond motifs is 1. The fourth-order valence-electron chi connectivity index (χ4n) is 2.38. The second kappa shape index (κ2) is 4.17. The van der Waals surface area contributed by atoms with E-state index in [1.54, 1.807) is 6.33 Å². The molecule has 3 rings (SSSR count). The van der Waals surface area contributed by atoms with Crippen LogP contribution in [0.2, 0.25) is 0 Å². The van der Waals surface area contributed by atoms with Gasteiger partial charge in [0.2, 0.25) is 0 Å². The number of anilines is 1. The molecule has 17 heavy (non-hydrogen) atoms. The van der Waals surface area contributed by atoms with Crippen molar-refractivity contribution in [3.8, 4) is 11.3 Å². The van der Waals surface area contributed by atoms with Crippen LogP contribution in [0.3, 0.4) is 0 Å². The molecule has 1 aliphatic rings. The summed E-state index contributed by atoms with van der Waals surface area (Å²) in [6.45, 7) is 0. The van der Waals surface area contributed by atoms with Gasteiger partial charge in [-0.1, -0.05) is 12.1 Å². The van der Waals surface area contributed by atoms with Gasteiger partial charge in [0.15, 0.2) is 0 Å². The Balaban J connectivity index is 2.03. The summed E-state index contributed by atoms with van der Waals surface area (Å²) in [4.78, 5) is 8.47. The quantitative estimate of drug-likeness (QED) is 0.853. The van der Waals surface area contributed by atoms with Crippen LogP contribution in [-0.2, 0) is 12.8 Å². The highest BCUT2D eigenvalue weighted by molar-refractivity contribution is 5.64. The zero-order chi connectivity index (χ0) is 11.7. The predicted octanol–water partition coefficient (Wildman–Crippen LogP) is 2.67. The van der Waals surface area contributed by atoms with Gasteiger partial charge >= 0.3 is 0 Å². The number of hydrogen-bond acceptors (Lipinski definition) is 3. The van der Waals surface area contributed by atoms with Crippen molar-refractivity contribution in [2.75, 3.05) is 12.4 Å². The molecule has 0 unspecified atom stereocenters. The highest BCUT2D eigenvalue weighted by atomic mass is 15.0. The Hall–Kier alpha value is -1.90. The maximum absolute atomic E-state index is 4.33. The molecule has 0 saturated carbocycles. The molecule has 3 heteroatoms. The number of aromatic nitrogens is 2. The molecule has 1 aliphatic carbocycles. The standard InChI is InChI=1S/C14H15N3/c1-15-14-8-13(16-9-17-14)12-6-5-10-3-2-4-11(10)7-12/h5-9H,2-4H2,1H3,(H,15,16,17). The Kier molecular flexibility index (Phi) is 2.52. The fraction of sp³-hybridized carbons (Fsp3) is 0.286. The fourth-order valence-corrected chi connectivity index (χ4v) is 2.38. The van der Waals surface area contributed by atoms with Crippen molar-refractivity contribution in [1.82, 2.24) is 9.97 Å². The summed E-state index contributed by atoms with van der Waals surface area (Å²) in [5.74, 6) is 0.857. The van der Waals surface area contributed by atoms with E-state index in [1.165, 1.54) is 36.0 Å². The van der Waals surface area contributed by atoms with Crippen LogP contribution in [0.15, 0.2) is 30.6 Å². The van der Waals surface area contributed by atoms with E-state index in [4.69, 9.17) is 0 Å². The van der Waals surface area contributed by atoms with E-state index in [9.17, 15) is 0 Å². The van der Waals surface area contributed by atoms with E-state index >= 15 is 0 Å². The summed E-state index contributed by atoms with van der Waals surface area (Å²) in [6.07, 6.45) is 5.31. The van der Waals surface area contributed by atoms with Crippen LogP contribution < -0.4 is 5.32 Å². The van der Waals surface area contributed by atoms with Crippen molar-refractivity contribution in [3.63, 3.8) is 0 Å². The van der Waals surface area contributed by atoms with Crippen LogP contribution in [0.25, 0.3) is 11.3 Å². The molecule has 0 amide bonds. The first-order valence-electron chi connectivity index (χ1n) is 5.99. The molecule has 1 heterocycles. The predicted molar refractivity (Wildman–Crippen MR) is 69.0 cm³/mol. The topological polar surface area (TPSA) is 37.8 Å². The normalized spacial score (nSPS) is 13.5. The molecular formula is C14H15N3. The molecule has 0 atom stereocenters. The largest absolute Gasteiger partial charge is 0.373 e. The Morgan fingerprint density at radius 1 is 1.06 bits per heavy atom. The lowest BCUT2D eigenvalue weighted by Crippen LogP contribution is -1.94. The lowest BCUT2D eigenvalue weighted by molar-refractivity contribution is 0.912. The summed E-state index contributed by atoms with van der Waals surface area (Å²) in [5.41, 5.74) is 5.15. The maximum Gasteiger partial charge on any atom is 0.129 e. The lowest BCUT2D eigenvalue weighted by atomic mass is 10.0. The van der Waals surface area contributed by atoms with Gasteiger partial charge in [-0.05, 0) is 36.5 Å². The van der Waals surface area contributed by atoms with Crippen LogP contribution in [0, 0.1) is 0 Å². The van der Waals surface area contributed by atoms with E-state index in [0.717, 1.165) is 11.5 Å². The van der Waals surface area contributed by atoms with Crippen LogP contribution in [-0.4, -0.2) is 17.0 Å². The Labute approximate surface area is 101 Å². The minimum atomic E-state index is 0.857. The molecule has 1 aromatic carbocycles. The molecule has 3 nitrogen and oxygen atoms in total. The van der Waals surface area contributed by atoms with Gasteiger partial charge in [0.05, 0.1) is 5.69 Å². The van der Waals surface area contributed by atoms with Gasteiger partial charge in [-0.15, -0.1) is 0 Å². The summed E-state index contributed by atoms with van der Waals surface area (Å²) in [6, 6.07) is 8.64. The highest BCUT2D eigenvalue weighted by Gasteiger charge is 2.11. The van der Waals surface area contributed by atoms with Gasteiger partial charge in [0.1, 0.15) is 12.1 Å². The van der Waals surface area contributed by atoms with E-state index < -0.39 is 0 Å². The monoisotopic (exact) mass is 225 g/mol. The summed E-state index contributed by atoms with van der Waals surface area (Å²) < 4.78 is 0. The first kappa shape index (κ1) is 10.3. The average Bonchev–Trinajstić information content (AvgIpc) is 2.86. The average molecular weight is 225 g/mol. The third-order valence-electron chi connectivity index (χ3n) is 3.32. The molecule has 0 spiro atoms. The highest BCUT2D eigenvalue weighted by Crippen LogP contribution is 2.27. The van der Waals surface area contributed by atoms with Gasteiger partial charge in [-0.2, -0.15) is 0 Å². The van der Waals surface area contributed by atoms with Crippen LogP contribution in [0.4, 0.5) is 5.82 Å². The van der Waals surface area contributed by atoms with Crippen molar-refractivity contribution >= 4 is 5.82 Å². The lowest BCUT2D eigenvalue weighted by Gasteiger charge is -2.05. The van der Waals surface area contributed by atoms with Gasteiger partial charge < -0.3 is 5.32 Å². The first-order valence-corrected chi connectivity index (χ1v) is 5.99. The SMILES string of the molecule is CNc1cc(-c2ccc3c(c2)CCC3)ncn1. The smallest absolute Gasteiger partial charge is 0.129 e. The molecule has 0 fully saturated rings. The van der Waals surface area contributed by atoms with Gasteiger partial charge in [0, 0.05) is 18.7 Å². The van der Waals surface area contributed by atoms with Crippen molar-refractivity contribution in [2.45, 2.75) is 19.3 Å². The molecule has 2 aromatic rings. The van der Waals surface area contributed by atoms with E-state index in [2.05, 4.69) is 33.5 Å². The molecule has 0 aliphatic heterocycles. The molecule has 0 saturated heterocycles. The van der Waals surface area contributed by atoms with Gasteiger partial charge in [-0.3, -0.25) is 0 Å². The first-order chi connectivity index (χ1) is 8.36. The Bertz CT molecular complexity index is 549. The Morgan fingerprint density at radius 2 is 1.94 bits per heavy atom. The second-order valence-corrected chi connectivity index (χ2v) is 4.38. The number of hydrogen-bond donors (Lipinski definition) is 1. The van der Waals surface area contributed by atoms with E-state index in [0.29, 0.717) is 0 Å². The zero-order valence-corrected chi connectivity index (χ0v) is 9.90. The van der Waals surface area contributed by atoms with Crippen LogP contribution >= 0.6 is 0 Å². The molecule has 1 aromatic heterocycles. The van der Waals surface area contributed by atoms with Gasteiger partial charge in [-0.25, -0.2) is 9.97 Å². The molecular weight excluding hydrogens is 210 g/mol. The number of nitrogens with zero attached hydrogens (tertiary/aromatic N) is 2. The van der Waals surface area contributed by atoms with E-state index in [1.807, 2.05) is 13.1 Å². The van der Waals surface area contributed by atoms with E-state index in [-0.39, 0.29) is 0 Å². The summed E-state index contributed by atoms with van der Waals surface area (Å²) >= 11 is 0. The van der Waals surface area contributed by atoms with Gasteiger partial charge in [0.25, 0.3) is 0 Å². The minimum absolute atomic E-state index is 0.857. The van der Waals surface area contributed by atoms with Crippen LogP contribution in [0.1, 0.15) is 17.5 Å². The van der Waals surface area contributed by atoms with Crippen molar-refractivity contribution in [3.05, 3.63) is 41.7 Å². The van der Waals surface area contributed by atoms with Crippen molar-refractivity contribution in [2.24, 2.45) is 0 Å². The third-order valence-corrected chi connectivity index (χ3v) is 3.32.